The molecule has 30 heavy (non-hydrogen) atoms. The van der Waals surface area contributed by atoms with Gasteiger partial charge in [0.2, 0.25) is 0 Å². The van der Waals surface area contributed by atoms with Crippen LogP contribution in [-0.2, 0) is 20.0 Å². The fourth-order valence-electron chi connectivity index (χ4n) is 2.50. The Morgan fingerprint density at radius 3 is 1.23 bits per heavy atom. The third-order valence-electron chi connectivity index (χ3n) is 4.16. The quantitative estimate of drug-likeness (QED) is 0.340. The second-order valence-corrected chi connectivity index (χ2v) is 9.62. The summed E-state index contributed by atoms with van der Waals surface area (Å²) in [6.07, 6.45) is 3.63. The lowest BCUT2D eigenvalue weighted by molar-refractivity contribution is 0.287. The molecule has 0 unspecified atom stereocenters. The van der Waals surface area contributed by atoms with E-state index in [1.54, 1.807) is 24.3 Å². The average molecular weight is 453 g/mol. The van der Waals surface area contributed by atoms with Crippen LogP contribution in [0.1, 0.15) is 25.7 Å². The zero-order valence-electron chi connectivity index (χ0n) is 16.4. The number of ether oxygens (including phenoxy) is 2. The predicted molar refractivity (Wildman–Crippen MR) is 116 cm³/mol. The molecular weight excluding hydrogens is 428 g/mol. The summed E-state index contributed by atoms with van der Waals surface area (Å²) in [6, 6.07) is 12.1. The molecule has 2 rings (SSSR count). The Hall–Kier alpha value is -2.72. The number of hydrogen-bond donors (Lipinski definition) is 0. The van der Waals surface area contributed by atoms with E-state index in [9.17, 15) is 16.8 Å². The van der Waals surface area contributed by atoms with Gasteiger partial charge in [-0.3, -0.25) is 0 Å². The summed E-state index contributed by atoms with van der Waals surface area (Å²) < 4.78 is 63.6. The topological polar surface area (TPSA) is 111 Å². The van der Waals surface area contributed by atoms with Crippen LogP contribution in [0, 0.1) is 0 Å². The molecule has 0 saturated heterocycles. The Bertz CT molecular complexity index is 960. The molecule has 0 fully saturated rings. The molecule has 0 heterocycles. The summed E-state index contributed by atoms with van der Waals surface area (Å²) in [7, 11) is -7.34. The maximum absolute atomic E-state index is 11.5. The molecule has 0 aliphatic carbocycles. The van der Waals surface area contributed by atoms with Gasteiger partial charge >= 0.3 is 0 Å². The summed E-state index contributed by atoms with van der Waals surface area (Å²) in [5.41, 5.74) is 0. The monoisotopic (exact) mass is 452 g/mol. The summed E-state index contributed by atoms with van der Waals surface area (Å²) in [4.78, 5) is 0.164. The van der Waals surface area contributed by atoms with E-state index in [1.165, 1.54) is 24.3 Å². The van der Waals surface area contributed by atoms with Gasteiger partial charge in [-0.1, -0.05) is 0 Å². The first-order valence-corrected chi connectivity index (χ1v) is 12.1. The van der Waals surface area contributed by atoms with Gasteiger partial charge in [-0.05, 0) is 74.2 Å². The van der Waals surface area contributed by atoms with Crippen LogP contribution in [0.5, 0.6) is 11.5 Å². The van der Waals surface area contributed by atoms with Crippen LogP contribution in [0.25, 0.3) is 0 Å². The third kappa shape index (κ3) is 6.96. The van der Waals surface area contributed by atoms with Gasteiger partial charge in [0.1, 0.15) is 11.5 Å². The first kappa shape index (κ1) is 23.6. The summed E-state index contributed by atoms with van der Waals surface area (Å²) in [5.74, 6) is 1.19. The molecule has 0 spiro atoms. The molecule has 0 saturated carbocycles. The third-order valence-corrected chi connectivity index (χ3v) is 6.57. The van der Waals surface area contributed by atoms with Crippen LogP contribution in [-0.4, -0.2) is 43.5 Å². The molecule has 10 heteroatoms. The van der Waals surface area contributed by atoms with Gasteiger partial charge in [0.15, 0.2) is 0 Å². The fourth-order valence-corrected chi connectivity index (χ4v) is 3.76. The summed E-state index contributed by atoms with van der Waals surface area (Å²) in [6.45, 7) is 7.15. The molecular formula is C20H24N2O6S2. The number of sulfonamides is 2. The van der Waals surface area contributed by atoms with Gasteiger partial charge in [0.25, 0.3) is 20.0 Å². The van der Waals surface area contributed by atoms with Crippen molar-refractivity contribution in [3.05, 3.63) is 48.5 Å². The molecule has 2 aromatic rings. The molecule has 0 aromatic heterocycles. The van der Waals surface area contributed by atoms with Gasteiger partial charge < -0.3 is 9.47 Å². The van der Waals surface area contributed by atoms with Gasteiger partial charge in [-0.15, -0.1) is 0 Å². The molecule has 0 aliphatic rings. The van der Waals surface area contributed by atoms with Gasteiger partial charge in [-0.25, -0.2) is 0 Å². The van der Waals surface area contributed by atoms with Crippen molar-refractivity contribution in [1.82, 2.24) is 0 Å². The highest BCUT2D eigenvalue weighted by molar-refractivity contribution is 7.90. The SMILES string of the molecule is C=NS(=O)(=O)c1ccc(OCCCCCCOc2ccc(S(=O)(=O)N=C)cc2)cc1. The van der Waals surface area contributed by atoms with E-state index in [2.05, 4.69) is 22.2 Å². The fraction of sp³-hybridized carbons (Fsp3) is 0.300. The normalized spacial score (nSPS) is 11.6. The van der Waals surface area contributed by atoms with Crippen LogP contribution in [0.4, 0.5) is 0 Å². The number of benzene rings is 2. The van der Waals surface area contributed by atoms with E-state index < -0.39 is 20.0 Å². The highest BCUT2D eigenvalue weighted by Gasteiger charge is 2.11. The van der Waals surface area contributed by atoms with Crippen molar-refractivity contribution in [3.63, 3.8) is 0 Å². The second kappa shape index (κ2) is 10.9. The Morgan fingerprint density at radius 2 is 0.933 bits per heavy atom. The van der Waals surface area contributed by atoms with E-state index >= 15 is 0 Å². The van der Waals surface area contributed by atoms with Crippen LogP contribution in [0.2, 0.25) is 0 Å². The highest BCUT2D eigenvalue weighted by Crippen LogP contribution is 2.19. The standard InChI is InChI=1S/C20H24N2O6S2/c1-21-29(23,24)19-11-7-17(8-12-19)27-15-5-3-4-6-16-28-18-9-13-20(14-10-18)30(25,26)22-2/h7-14H,1-6,15-16H2. The van der Waals surface area contributed by atoms with E-state index in [0.29, 0.717) is 24.7 Å². The predicted octanol–water partition coefficient (Wildman–Crippen LogP) is 3.48. The van der Waals surface area contributed by atoms with E-state index in [0.717, 1.165) is 25.7 Å². The molecule has 0 N–H and O–H groups in total. The van der Waals surface area contributed by atoms with E-state index in [-0.39, 0.29) is 9.79 Å². The Balaban J connectivity index is 1.60. The van der Waals surface area contributed by atoms with Gasteiger partial charge in [-0.2, -0.15) is 25.6 Å². The minimum atomic E-state index is -3.67. The van der Waals surface area contributed by atoms with Crippen LogP contribution >= 0.6 is 0 Å². The van der Waals surface area contributed by atoms with Gasteiger partial charge in [0, 0.05) is 13.4 Å². The zero-order chi connectivity index (χ0) is 22.0. The number of hydrogen-bond acceptors (Lipinski definition) is 6. The lowest BCUT2D eigenvalue weighted by atomic mass is 10.2. The Labute approximate surface area is 177 Å². The minimum Gasteiger partial charge on any atom is -0.494 e. The summed E-state index contributed by atoms with van der Waals surface area (Å²) >= 11 is 0. The van der Waals surface area contributed by atoms with E-state index in [1.807, 2.05) is 0 Å². The minimum absolute atomic E-state index is 0.0819. The maximum atomic E-state index is 11.5. The van der Waals surface area contributed by atoms with Crippen LogP contribution in [0.3, 0.4) is 0 Å². The van der Waals surface area contributed by atoms with Crippen molar-refractivity contribution in [2.24, 2.45) is 8.80 Å². The molecule has 0 amide bonds. The smallest absolute Gasteiger partial charge is 0.281 e. The van der Waals surface area contributed by atoms with Crippen molar-refractivity contribution < 1.29 is 26.3 Å². The van der Waals surface area contributed by atoms with Crippen molar-refractivity contribution in [1.29, 1.82) is 0 Å². The van der Waals surface area contributed by atoms with Crippen LogP contribution < -0.4 is 9.47 Å². The molecule has 0 atom stereocenters. The Morgan fingerprint density at radius 1 is 0.600 bits per heavy atom. The molecule has 0 aliphatic heterocycles. The van der Waals surface area contributed by atoms with Gasteiger partial charge in [0.05, 0.1) is 23.0 Å². The Kier molecular flexibility index (Phi) is 8.55. The summed E-state index contributed by atoms with van der Waals surface area (Å²) in [5, 5.41) is 0. The van der Waals surface area contributed by atoms with Crippen molar-refractivity contribution >= 4 is 33.5 Å². The maximum Gasteiger partial charge on any atom is 0.281 e. The average Bonchev–Trinajstić information content (AvgIpc) is 2.76. The zero-order valence-corrected chi connectivity index (χ0v) is 18.1. The number of rotatable bonds is 13. The molecule has 8 nitrogen and oxygen atoms in total. The van der Waals surface area contributed by atoms with Crippen molar-refractivity contribution in [3.8, 4) is 11.5 Å². The van der Waals surface area contributed by atoms with Crippen molar-refractivity contribution in [2.45, 2.75) is 35.5 Å². The van der Waals surface area contributed by atoms with Crippen LogP contribution in [0.15, 0.2) is 67.1 Å². The van der Waals surface area contributed by atoms with E-state index in [4.69, 9.17) is 9.47 Å². The highest BCUT2D eigenvalue weighted by atomic mass is 32.2. The first-order chi connectivity index (χ1) is 14.3. The molecule has 0 bridgehead atoms. The lowest BCUT2D eigenvalue weighted by Gasteiger charge is -2.08. The largest absolute Gasteiger partial charge is 0.494 e. The first-order valence-electron chi connectivity index (χ1n) is 9.20. The molecule has 2 aromatic carbocycles. The molecule has 162 valence electrons. The second-order valence-electron chi connectivity index (χ2n) is 6.26. The van der Waals surface area contributed by atoms with Crippen molar-refractivity contribution in [2.75, 3.05) is 13.2 Å². The lowest BCUT2D eigenvalue weighted by Crippen LogP contribution is -2.01. The molecule has 0 radical (unpaired) electrons. The number of unbranched alkanes of at least 4 members (excludes halogenated alkanes) is 3. The number of nitrogens with zero attached hydrogens (tertiary/aromatic N) is 2.